The van der Waals surface area contributed by atoms with Crippen molar-refractivity contribution >= 4 is 27.3 Å². The molecule has 0 aliphatic carbocycles. The van der Waals surface area contributed by atoms with Crippen LogP contribution in [0.2, 0.25) is 0 Å². The number of hydrogen-bond acceptors (Lipinski definition) is 4. The van der Waals surface area contributed by atoms with Crippen molar-refractivity contribution in [2.45, 2.75) is 51.5 Å². The lowest BCUT2D eigenvalue weighted by Crippen LogP contribution is -2.41. The Hall–Kier alpha value is -2.54. The smallest absolute Gasteiger partial charge is 0.261 e. The first-order valence-electron chi connectivity index (χ1n) is 9.49. The number of benzene rings is 2. The number of rotatable bonds is 5. The standard InChI is InChI=1S/C21H26N2O4S/c1-5-16-8-7-9-17(6-2)21(16)22-28(25,26)18-10-11-20-19(12-18)23(15(4)24)13-14(3)27-20/h7-12,14,22H,5-6,13H2,1-4H3/t14-/m0/s1. The minimum absolute atomic E-state index is 0.101. The van der Waals surface area contributed by atoms with Crippen molar-refractivity contribution < 1.29 is 17.9 Å². The molecule has 3 rings (SSSR count). The van der Waals surface area contributed by atoms with Crippen molar-refractivity contribution in [1.82, 2.24) is 0 Å². The molecule has 0 bridgehead atoms. The molecular weight excluding hydrogens is 376 g/mol. The van der Waals surface area contributed by atoms with Crippen LogP contribution in [0.5, 0.6) is 5.75 Å². The van der Waals surface area contributed by atoms with Crippen LogP contribution in [-0.4, -0.2) is 27.0 Å². The maximum absolute atomic E-state index is 13.1. The summed E-state index contributed by atoms with van der Waals surface area (Å²) in [6.07, 6.45) is 1.29. The van der Waals surface area contributed by atoms with Crippen LogP contribution in [-0.2, 0) is 27.7 Å². The molecule has 0 saturated carbocycles. The summed E-state index contributed by atoms with van der Waals surface area (Å²) < 4.78 is 34.7. The van der Waals surface area contributed by atoms with E-state index in [9.17, 15) is 13.2 Å². The largest absolute Gasteiger partial charge is 0.487 e. The van der Waals surface area contributed by atoms with Crippen molar-refractivity contribution in [3.05, 3.63) is 47.5 Å². The predicted octanol–water partition coefficient (Wildman–Crippen LogP) is 3.75. The second kappa shape index (κ2) is 7.83. The van der Waals surface area contributed by atoms with E-state index >= 15 is 0 Å². The molecule has 1 N–H and O–H groups in total. The number of nitrogens with one attached hydrogen (secondary N) is 1. The second-order valence-electron chi connectivity index (χ2n) is 6.95. The zero-order valence-corrected chi connectivity index (χ0v) is 17.5. The quantitative estimate of drug-likeness (QED) is 0.827. The van der Waals surface area contributed by atoms with Crippen LogP contribution in [0.3, 0.4) is 0 Å². The highest BCUT2D eigenvalue weighted by Gasteiger charge is 2.28. The van der Waals surface area contributed by atoms with Crippen LogP contribution in [0.4, 0.5) is 11.4 Å². The van der Waals surface area contributed by atoms with Gasteiger partial charge in [-0.3, -0.25) is 9.52 Å². The Bertz CT molecular complexity index is 979. The number of fused-ring (bicyclic) bond motifs is 1. The number of ether oxygens (including phenoxy) is 1. The van der Waals surface area contributed by atoms with Crippen molar-refractivity contribution in [3.63, 3.8) is 0 Å². The molecule has 2 aromatic carbocycles. The van der Waals surface area contributed by atoms with E-state index in [1.54, 1.807) is 11.0 Å². The number of aryl methyl sites for hydroxylation is 2. The summed E-state index contributed by atoms with van der Waals surface area (Å²) in [5.41, 5.74) is 3.01. The minimum atomic E-state index is -3.82. The third-order valence-electron chi connectivity index (χ3n) is 4.91. The molecule has 0 unspecified atom stereocenters. The first-order chi connectivity index (χ1) is 13.3. The molecule has 1 atom stereocenters. The Morgan fingerprint density at radius 3 is 2.39 bits per heavy atom. The summed E-state index contributed by atoms with van der Waals surface area (Å²) in [5, 5.41) is 0. The van der Waals surface area contributed by atoms with Gasteiger partial charge in [-0.2, -0.15) is 0 Å². The molecule has 1 aliphatic heterocycles. The summed E-state index contributed by atoms with van der Waals surface area (Å²) in [4.78, 5) is 13.7. The van der Waals surface area contributed by atoms with Gasteiger partial charge < -0.3 is 9.64 Å². The Morgan fingerprint density at radius 2 is 1.82 bits per heavy atom. The fourth-order valence-electron chi connectivity index (χ4n) is 3.45. The molecule has 6 nitrogen and oxygen atoms in total. The molecule has 150 valence electrons. The fraction of sp³-hybridized carbons (Fsp3) is 0.381. The molecule has 1 aliphatic rings. The van der Waals surface area contributed by atoms with E-state index in [0.29, 0.717) is 23.7 Å². The number of anilines is 2. The van der Waals surface area contributed by atoms with Gasteiger partial charge in [0.2, 0.25) is 5.91 Å². The van der Waals surface area contributed by atoms with Crippen molar-refractivity contribution in [2.24, 2.45) is 0 Å². The number of hydrogen-bond donors (Lipinski definition) is 1. The predicted molar refractivity (Wildman–Crippen MR) is 111 cm³/mol. The fourth-order valence-corrected chi connectivity index (χ4v) is 4.61. The van der Waals surface area contributed by atoms with Gasteiger partial charge in [-0.15, -0.1) is 0 Å². The van der Waals surface area contributed by atoms with Crippen molar-refractivity contribution in [3.8, 4) is 5.75 Å². The highest BCUT2D eigenvalue weighted by atomic mass is 32.2. The lowest BCUT2D eigenvalue weighted by atomic mass is 10.0. The van der Waals surface area contributed by atoms with Gasteiger partial charge in [0.15, 0.2) is 0 Å². The Morgan fingerprint density at radius 1 is 1.18 bits per heavy atom. The Balaban J connectivity index is 2.03. The lowest BCUT2D eigenvalue weighted by molar-refractivity contribution is -0.117. The topological polar surface area (TPSA) is 75.7 Å². The molecule has 1 amide bonds. The van der Waals surface area contributed by atoms with Crippen LogP contribution >= 0.6 is 0 Å². The summed E-state index contributed by atoms with van der Waals surface area (Å²) in [6.45, 7) is 7.71. The molecule has 2 aromatic rings. The normalized spacial score (nSPS) is 16.3. The number of nitrogens with zero attached hydrogens (tertiary/aromatic N) is 1. The zero-order valence-electron chi connectivity index (χ0n) is 16.7. The first kappa shape index (κ1) is 20.2. The monoisotopic (exact) mass is 402 g/mol. The third kappa shape index (κ3) is 3.85. The van der Waals surface area contributed by atoms with E-state index in [-0.39, 0.29) is 16.9 Å². The average Bonchev–Trinajstić information content (AvgIpc) is 2.66. The third-order valence-corrected chi connectivity index (χ3v) is 6.26. The summed E-state index contributed by atoms with van der Waals surface area (Å²) in [7, 11) is -3.82. The number of para-hydroxylation sites is 1. The molecule has 28 heavy (non-hydrogen) atoms. The van der Waals surface area contributed by atoms with Crippen LogP contribution in [0.15, 0.2) is 41.3 Å². The van der Waals surface area contributed by atoms with Gasteiger partial charge in [0.25, 0.3) is 10.0 Å². The molecular formula is C21H26N2O4S. The van der Waals surface area contributed by atoms with E-state index in [4.69, 9.17) is 4.74 Å². The Labute approximate surface area is 166 Å². The molecule has 0 radical (unpaired) electrons. The molecule has 0 spiro atoms. The highest BCUT2D eigenvalue weighted by molar-refractivity contribution is 7.92. The molecule has 7 heteroatoms. The number of carbonyl (C=O) groups excluding carboxylic acids is 1. The summed E-state index contributed by atoms with van der Waals surface area (Å²) in [6, 6.07) is 10.4. The van der Waals surface area contributed by atoms with Crippen LogP contribution in [0, 0.1) is 0 Å². The number of sulfonamides is 1. The average molecular weight is 403 g/mol. The first-order valence-corrected chi connectivity index (χ1v) is 11.0. The number of amides is 1. The van der Waals surface area contributed by atoms with Crippen molar-refractivity contribution in [1.29, 1.82) is 0 Å². The molecule has 0 fully saturated rings. The maximum Gasteiger partial charge on any atom is 0.261 e. The van der Waals surface area contributed by atoms with Gasteiger partial charge in [-0.1, -0.05) is 32.0 Å². The molecule has 0 saturated heterocycles. The maximum atomic E-state index is 13.1. The van der Waals surface area contributed by atoms with Gasteiger partial charge in [0.05, 0.1) is 22.8 Å². The van der Waals surface area contributed by atoms with E-state index in [1.165, 1.54) is 19.1 Å². The second-order valence-corrected chi connectivity index (χ2v) is 8.63. The Kier molecular flexibility index (Phi) is 5.65. The van der Waals surface area contributed by atoms with Gasteiger partial charge in [-0.25, -0.2) is 8.42 Å². The van der Waals surface area contributed by atoms with E-state index < -0.39 is 10.0 Å². The van der Waals surface area contributed by atoms with Gasteiger partial charge in [0.1, 0.15) is 11.9 Å². The number of carbonyl (C=O) groups is 1. The van der Waals surface area contributed by atoms with Crippen LogP contribution in [0.25, 0.3) is 0 Å². The van der Waals surface area contributed by atoms with E-state index in [2.05, 4.69) is 4.72 Å². The van der Waals surface area contributed by atoms with Gasteiger partial charge >= 0.3 is 0 Å². The van der Waals surface area contributed by atoms with Gasteiger partial charge in [0, 0.05) is 6.92 Å². The zero-order chi connectivity index (χ0) is 20.5. The van der Waals surface area contributed by atoms with E-state index in [0.717, 1.165) is 24.0 Å². The van der Waals surface area contributed by atoms with Gasteiger partial charge in [-0.05, 0) is 49.1 Å². The van der Waals surface area contributed by atoms with Crippen LogP contribution < -0.4 is 14.4 Å². The SMILES string of the molecule is CCc1cccc(CC)c1NS(=O)(=O)c1ccc2c(c1)N(C(C)=O)C[C@H](C)O2. The minimum Gasteiger partial charge on any atom is -0.487 e. The van der Waals surface area contributed by atoms with Crippen LogP contribution in [0.1, 0.15) is 38.8 Å². The molecule has 1 heterocycles. The highest BCUT2D eigenvalue weighted by Crippen LogP contribution is 2.36. The summed E-state index contributed by atoms with van der Waals surface area (Å²) >= 11 is 0. The lowest BCUT2D eigenvalue weighted by Gasteiger charge is -2.33. The van der Waals surface area contributed by atoms with Crippen molar-refractivity contribution in [2.75, 3.05) is 16.2 Å². The summed E-state index contributed by atoms with van der Waals surface area (Å²) in [5.74, 6) is 0.361. The van der Waals surface area contributed by atoms with E-state index in [1.807, 2.05) is 39.0 Å². The molecule has 0 aromatic heterocycles.